The first-order valence-electron chi connectivity index (χ1n) is 6.67. The van der Waals surface area contributed by atoms with Crippen LogP contribution in [0.4, 0.5) is 0 Å². The summed E-state index contributed by atoms with van der Waals surface area (Å²) in [4.78, 5) is 12.2. The third kappa shape index (κ3) is 3.69. The van der Waals surface area contributed by atoms with E-state index in [0.29, 0.717) is 11.5 Å². The Balaban J connectivity index is 2.04. The standard InChI is InChI=1S/C15H17IN2O/c16-13-9-5-4-8-12(13)15(19)18-14(10-17)11-6-2-1-3-7-11/h4-5,8-9,11,14H,1-3,6-7H2,(H,18,19). The minimum absolute atomic E-state index is 0.137. The van der Waals surface area contributed by atoms with Crippen LogP contribution in [-0.2, 0) is 0 Å². The number of halogens is 1. The lowest BCUT2D eigenvalue weighted by Gasteiger charge is -2.26. The van der Waals surface area contributed by atoms with Crippen molar-refractivity contribution < 1.29 is 4.79 Å². The van der Waals surface area contributed by atoms with Gasteiger partial charge in [-0.2, -0.15) is 5.26 Å². The molecule has 4 heteroatoms. The lowest BCUT2D eigenvalue weighted by molar-refractivity contribution is 0.0928. The fourth-order valence-corrected chi connectivity index (χ4v) is 3.22. The average molecular weight is 368 g/mol. The van der Waals surface area contributed by atoms with Gasteiger partial charge in [-0.3, -0.25) is 4.79 Å². The summed E-state index contributed by atoms with van der Waals surface area (Å²) in [5.41, 5.74) is 0.652. The summed E-state index contributed by atoms with van der Waals surface area (Å²) in [6, 6.07) is 9.35. The Hall–Kier alpha value is -1.09. The maximum atomic E-state index is 12.2. The number of carbonyl (C=O) groups is 1. The van der Waals surface area contributed by atoms with Crippen LogP contribution in [0.1, 0.15) is 42.5 Å². The smallest absolute Gasteiger partial charge is 0.253 e. The van der Waals surface area contributed by atoms with Crippen molar-refractivity contribution in [3.8, 4) is 6.07 Å². The molecule has 1 N–H and O–H groups in total. The fourth-order valence-electron chi connectivity index (χ4n) is 2.59. The Kier molecular flexibility index (Phi) is 5.20. The highest BCUT2D eigenvalue weighted by Crippen LogP contribution is 2.26. The highest BCUT2D eigenvalue weighted by Gasteiger charge is 2.25. The molecule has 0 saturated heterocycles. The first-order valence-corrected chi connectivity index (χ1v) is 7.75. The number of nitriles is 1. The van der Waals surface area contributed by atoms with Crippen LogP contribution in [-0.4, -0.2) is 11.9 Å². The number of amides is 1. The molecule has 0 radical (unpaired) electrons. The molecule has 1 aliphatic rings. The van der Waals surface area contributed by atoms with E-state index in [9.17, 15) is 10.1 Å². The van der Waals surface area contributed by atoms with E-state index in [-0.39, 0.29) is 11.9 Å². The maximum Gasteiger partial charge on any atom is 0.253 e. The molecular weight excluding hydrogens is 351 g/mol. The van der Waals surface area contributed by atoms with E-state index < -0.39 is 0 Å². The third-order valence-corrected chi connectivity index (χ3v) is 4.61. The van der Waals surface area contributed by atoms with Gasteiger partial charge in [0.1, 0.15) is 6.04 Å². The number of carbonyl (C=O) groups excluding carboxylic acids is 1. The highest BCUT2D eigenvalue weighted by molar-refractivity contribution is 14.1. The van der Waals surface area contributed by atoms with E-state index in [1.54, 1.807) is 6.07 Å². The van der Waals surface area contributed by atoms with Crippen molar-refractivity contribution in [1.29, 1.82) is 5.26 Å². The molecular formula is C15H17IN2O. The summed E-state index contributed by atoms with van der Waals surface area (Å²) in [5.74, 6) is 0.172. The average Bonchev–Trinajstić information content (AvgIpc) is 2.46. The number of benzene rings is 1. The van der Waals surface area contributed by atoms with Gasteiger partial charge in [-0.05, 0) is 53.5 Å². The van der Waals surface area contributed by atoms with Gasteiger partial charge in [-0.15, -0.1) is 0 Å². The highest BCUT2D eigenvalue weighted by atomic mass is 127. The van der Waals surface area contributed by atoms with E-state index in [1.165, 1.54) is 19.3 Å². The summed E-state index contributed by atoms with van der Waals surface area (Å²) in [6.45, 7) is 0. The molecule has 1 saturated carbocycles. The number of hydrogen-bond donors (Lipinski definition) is 1. The van der Waals surface area contributed by atoms with Gasteiger partial charge in [0.25, 0.3) is 5.91 Å². The summed E-state index contributed by atoms with van der Waals surface area (Å²) in [5, 5.41) is 12.2. The number of nitrogens with one attached hydrogen (secondary N) is 1. The molecule has 1 aromatic carbocycles. The van der Waals surface area contributed by atoms with E-state index in [1.807, 2.05) is 18.2 Å². The molecule has 1 fully saturated rings. The molecule has 2 rings (SSSR count). The van der Waals surface area contributed by atoms with Crippen molar-refractivity contribution >= 4 is 28.5 Å². The Morgan fingerprint density at radius 2 is 2.00 bits per heavy atom. The molecule has 19 heavy (non-hydrogen) atoms. The molecule has 0 heterocycles. The van der Waals surface area contributed by atoms with Crippen LogP contribution in [0.25, 0.3) is 0 Å². The molecule has 1 aliphatic carbocycles. The predicted molar refractivity (Wildman–Crippen MR) is 82.6 cm³/mol. The lowest BCUT2D eigenvalue weighted by atomic mass is 9.84. The molecule has 3 nitrogen and oxygen atoms in total. The molecule has 1 aromatic rings. The van der Waals surface area contributed by atoms with E-state index in [0.717, 1.165) is 16.4 Å². The summed E-state index contributed by atoms with van der Waals surface area (Å²) < 4.78 is 0.915. The minimum Gasteiger partial charge on any atom is -0.336 e. The van der Waals surface area contributed by atoms with Crippen LogP contribution in [0.15, 0.2) is 24.3 Å². The van der Waals surface area contributed by atoms with Gasteiger partial charge < -0.3 is 5.32 Å². The van der Waals surface area contributed by atoms with Crippen LogP contribution in [0.5, 0.6) is 0 Å². The van der Waals surface area contributed by atoms with Gasteiger partial charge >= 0.3 is 0 Å². The fraction of sp³-hybridized carbons (Fsp3) is 0.467. The van der Waals surface area contributed by atoms with E-state index in [4.69, 9.17) is 0 Å². The van der Waals surface area contributed by atoms with Crippen molar-refractivity contribution in [3.05, 3.63) is 33.4 Å². The van der Waals surface area contributed by atoms with Gasteiger partial charge in [0.2, 0.25) is 0 Å². The minimum atomic E-state index is -0.358. The Labute approximate surface area is 127 Å². The number of nitrogens with zero attached hydrogens (tertiary/aromatic N) is 1. The molecule has 0 bridgehead atoms. The van der Waals surface area contributed by atoms with E-state index >= 15 is 0 Å². The summed E-state index contributed by atoms with van der Waals surface area (Å²) in [7, 11) is 0. The van der Waals surface area contributed by atoms with Crippen LogP contribution in [0.3, 0.4) is 0 Å². The zero-order valence-electron chi connectivity index (χ0n) is 10.7. The van der Waals surface area contributed by atoms with Crippen molar-refractivity contribution in [2.24, 2.45) is 5.92 Å². The van der Waals surface area contributed by atoms with Crippen LogP contribution in [0, 0.1) is 20.8 Å². The molecule has 0 spiro atoms. The second-order valence-corrected chi connectivity index (χ2v) is 6.12. The first-order chi connectivity index (χ1) is 9.22. The van der Waals surface area contributed by atoms with Crippen molar-refractivity contribution in [2.45, 2.75) is 38.1 Å². The number of hydrogen-bond acceptors (Lipinski definition) is 2. The Morgan fingerprint density at radius 3 is 2.63 bits per heavy atom. The third-order valence-electron chi connectivity index (χ3n) is 3.67. The molecule has 0 aliphatic heterocycles. The SMILES string of the molecule is N#CC(NC(=O)c1ccccc1I)C1CCCCC1. The normalized spacial score (nSPS) is 17.5. The predicted octanol–water partition coefficient (Wildman–Crippen LogP) is 3.49. The summed E-state index contributed by atoms with van der Waals surface area (Å²) >= 11 is 2.15. The second-order valence-electron chi connectivity index (χ2n) is 4.96. The Bertz CT molecular complexity index is 489. The first kappa shape index (κ1) is 14.3. The zero-order valence-corrected chi connectivity index (χ0v) is 12.9. The molecule has 1 amide bonds. The molecule has 0 aromatic heterocycles. The largest absolute Gasteiger partial charge is 0.336 e. The zero-order chi connectivity index (χ0) is 13.7. The quantitative estimate of drug-likeness (QED) is 0.831. The van der Waals surface area contributed by atoms with Crippen molar-refractivity contribution in [3.63, 3.8) is 0 Å². The topological polar surface area (TPSA) is 52.9 Å². The van der Waals surface area contributed by atoms with Gasteiger partial charge in [-0.1, -0.05) is 31.4 Å². The van der Waals surface area contributed by atoms with E-state index in [2.05, 4.69) is 34.0 Å². The summed E-state index contributed by atoms with van der Waals surface area (Å²) in [6.07, 6.45) is 5.68. The van der Waals surface area contributed by atoms with Gasteiger partial charge in [-0.25, -0.2) is 0 Å². The molecule has 100 valence electrons. The van der Waals surface area contributed by atoms with Gasteiger partial charge in [0.05, 0.1) is 11.6 Å². The van der Waals surface area contributed by atoms with Crippen molar-refractivity contribution in [1.82, 2.24) is 5.32 Å². The van der Waals surface area contributed by atoms with Gasteiger partial charge in [0.15, 0.2) is 0 Å². The Morgan fingerprint density at radius 1 is 1.32 bits per heavy atom. The van der Waals surface area contributed by atoms with Crippen LogP contribution < -0.4 is 5.32 Å². The lowest BCUT2D eigenvalue weighted by Crippen LogP contribution is -2.40. The molecule has 1 atom stereocenters. The van der Waals surface area contributed by atoms with Crippen LogP contribution in [0.2, 0.25) is 0 Å². The van der Waals surface area contributed by atoms with Crippen LogP contribution >= 0.6 is 22.6 Å². The van der Waals surface area contributed by atoms with Gasteiger partial charge in [0, 0.05) is 3.57 Å². The number of rotatable bonds is 3. The molecule has 1 unspecified atom stereocenters. The van der Waals surface area contributed by atoms with Crippen molar-refractivity contribution in [2.75, 3.05) is 0 Å². The maximum absolute atomic E-state index is 12.2. The monoisotopic (exact) mass is 368 g/mol. The second kappa shape index (κ2) is 6.90.